The van der Waals surface area contributed by atoms with Crippen LogP contribution in [0.15, 0.2) is 36.8 Å². The Bertz CT molecular complexity index is 1280. The Morgan fingerprint density at radius 3 is 2.91 bits per heavy atom. The molecule has 1 spiro atoms. The van der Waals surface area contributed by atoms with Crippen LogP contribution in [-0.2, 0) is 26.4 Å². The van der Waals surface area contributed by atoms with Crippen molar-refractivity contribution in [3.05, 3.63) is 53.6 Å². The summed E-state index contributed by atoms with van der Waals surface area (Å²) in [6, 6.07) is 10.4. The molecular formula is C22H22N6O4. The predicted molar refractivity (Wildman–Crippen MR) is 110 cm³/mol. The molecule has 1 aliphatic carbocycles. The maximum atomic E-state index is 10.4. The van der Waals surface area contributed by atoms with Crippen molar-refractivity contribution in [2.75, 3.05) is 5.32 Å². The number of nitrogens with zero attached hydrogens (tertiary/aromatic N) is 5. The van der Waals surface area contributed by atoms with Gasteiger partial charge in [-0.25, -0.2) is 14.5 Å². The molecule has 5 atom stereocenters. The van der Waals surface area contributed by atoms with Crippen molar-refractivity contribution >= 4 is 11.5 Å². The summed E-state index contributed by atoms with van der Waals surface area (Å²) < 4.78 is 19.7. The number of nitrogens with one attached hydrogen (secondary N) is 1. The normalized spacial score (nSPS) is 34.2. The van der Waals surface area contributed by atoms with Gasteiger partial charge in [-0.1, -0.05) is 29.8 Å². The number of anilines is 1. The molecule has 2 saturated heterocycles. The van der Waals surface area contributed by atoms with Crippen molar-refractivity contribution in [2.24, 2.45) is 0 Å². The monoisotopic (exact) mass is 434 g/mol. The first-order valence-corrected chi connectivity index (χ1v) is 10.4. The Labute approximate surface area is 183 Å². The van der Waals surface area contributed by atoms with E-state index in [9.17, 15) is 10.4 Å². The number of hydrogen-bond donors (Lipinski definition) is 2. The van der Waals surface area contributed by atoms with Crippen LogP contribution in [0, 0.1) is 18.3 Å². The third-order valence-corrected chi connectivity index (χ3v) is 6.39. The van der Waals surface area contributed by atoms with Gasteiger partial charge >= 0.3 is 0 Å². The van der Waals surface area contributed by atoms with Gasteiger partial charge in [0, 0.05) is 6.54 Å². The number of aliphatic hydroxyl groups is 1. The maximum Gasteiger partial charge on any atom is 0.228 e. The van der Waals surface area contributed by atoms with Gasteiger partial charge in [-0.15, -0.1) is 0 Å². The molecule has 2 aromatic heterocycles. The van der Waals surface area contributed by atoms with E-state index in [1.807, 2.05) is 25.1 Å². The summed E-state index contributed by atoms with van der Waals surface area (Å²) in [5.41, 5.74) is 0.548. The Morgan fingerprint density at radius 1 is 1.28 bits per heavy atom. The van der Waals surface area contributed by atoms with Crippen LogP contribution in [0.25, 0.3) is 5.65 Å². The number of hydrogen-bond acceptors (Lipinski definition) is 9. The van der Waals surface area contributed by atoms with E-state index >= 15 is 0 Å². The summed E-state index contributed by atoms with van der Waals surface area (Å²) >= 11 is 0. The van der Waals surface area contributed by atoms with Crippen molar-refractivity contribution in [1.29, 1.82) is 5.26 Å². The number of imidazole rings is 1. The molecule has 5 unspecified atom stereocenters. The van der Waals surface area contributed by atoms with E-state index in [0.717, 1.165) is 5.56 Å². The summed E-state index contributed by atoms with van der Waals surface area (Å²) in [7, 11) is 0. The van der Waals surface area contributed by atoms with Crippen LogP contribution in [0.5, 0.6) is 0 Å². The Kier molecular flexibility index (Phi) is 3.81. The quantitative estimate of drug-likeness (QED) is 0.627. The lowest BCUT2D eigenvalue weighted by atomic mass is 9.91. The molecule has 1 aromatic carbocycles. The first-order chi connectivity index (χ1) is 15.3. The second kappa shape index (κ2) is 6.24. The molecule has 1 saturated carbocycles. The Hall–Kier alpha value is -3.10. The van der Waals surface area contributed by atoms with E-state index in [2.05, 4.69) is 32.5 Å². The number of rotatable bonds is 4. The van der Waals surface area contributed by atoms with Gasteiger partial charge < -0.3 is 24.6 Å². The first kappa shape index (κ1) is 19.6. The smallest absolute Gasteiger partial charge is 0.228 e. The fourth-order valence-corrected chi connectivity index (χ4v) is 5.00. The molecule has 32 heavy (non-hydrogen) atoms. The van der Waals surface area contributed by atoms with Crippen LogP contribution in [0.2, 0.25) is 0 Å². The van der Waals surface area contributed by atoms with Crippen molar-refractivity contribution in [3.8, 4) is 6.07 Å². The SMILES string of the molecule is Cc1cccc(CNc2ncnn3c(C4(C#N)OC5C(O)C56OC(C)(C)OC46)cnc23)c1. The average molecular weight is 434 g/mol. The van der Waals surface area contributed by atoms with Crippen LogP contribution >= 0.6 is 0 Å². The minimum Gasteiger partial charge on any atom is -0.387 e. The summed E-state index contributed by atoms with van der Waals surface area (Å²) in [5, 5.41) is 28.3. The van der Waals surface area contributed by atoms with Crippen molar-refractivity contribution < 1.29 is 19.3 Å². The van der Waals surface area contributed by atoms with Gasteiger partial charge in [-0.05, 0) is 26.3 Å². The number of aromatic nitrogens is 4. The lowest BCUT2D eigenvalue weighted by Gasteiger charge is -2.29. The molecule has 164 valence electrons. The van der Waals surface area contributed by atoms with Gasteiger partial charge in [0.1, 0.15) is 36.4 Å². The second-order valence-electron chi connectivity index (χ2n) is 9.01. The molecule has 0 bridgehead atoms. The van der Waals surface area contributed by atoms with Crippen molar-refractivity contribution in [1.82, 2.24) is 19.6 Å². The van der Waals surface area contributed by atoms with E-state index in [4.69, 9.17) is 14.2 Å². The highest BCUT2D eigenvalue weighted by atomic mass is 16.8. The van der Waals surface area contributed by atoms with E-state index in [1.54, 1.807) is 20.0 Å². The standard InChI is InChI=1S/C22H22N6O4/c1-12-5-4-6-13(7-12)8-24-17-18-25-9-14(28(18)27-11-26-17)21(10-23)19-22(15(29)16(22)30-21)32-20(2,3)31-19/h4-7,9,11,15-16,19,29H,8H2,1-3H3,(H,24,26,27). The molecule has 10 nitrogen and oxygen atoms in total. The summed E-state index contributed by atoms with van der Waals surface area (Å²) in [6.45, 7) is 6.12. The fourth-order valence-electron chi connectivity index (χ4n) is 5.00. The van der Waals surface area contributed by atoms with Crippen LogP contribution in [0.1, 0.15) is 30.7 Å². The largest absolute Gasteiger partial charge is 0.387 e. The van der Waals surface area contributed by atoms with Crippen molar-refractivity contribution in [3.63, 3.8) is 0 Å². The minimum absolute atomic E-state index is 0.404. The third-order valence-electron chi connectivity index (χ3n) is 6.39. The van der Waals surface area contributed by atoms with Crippen molar-refractivity contribution in [2.45, 2.75) is 62.6 Å². The first-order valence-electron chi connectivity index (χ1n) is 10.4. The average Bonchev–Trinajstić information content (AvgIpc) is 3.14. The predicted octanol–water partition coefficient (Wildman–Crippen LogP) is 1.43. The lowest BCUT2D eigenvalue weighted by Crippen LogP contribution is -2.46. The Morgan fingerprint density at radius 2 is 2.12 bits per heavy atom. The molecule has 3 aliphatic rings. The highest BCUT2D eigenvalue weighted by Crippen LogP contribution is 2.65. The highest BCUT2D eigenvalue weighted by Gasteiger charge is 2.88. The summed E-state index contributed by atoms with van der Waals surface area (Å²) in [4.78, 5) is 8.81. The molecule has 4 heterocycles. The van der Waals surface area contributed by atoms with E-state index in [0.29, 0.717) is 23.7 Å². The number of fused-ring (bicyclic) bond motifs is 1. The van der Waals surface area contributed by atoms with Crippen LogP contribution in [-0.4, -0.2) is 54.4 Å². The van der Waals surface area contributed by atoms with Gasteiger partial charge in [-0.2, -0.15) is 10.4 Å². The van der Waals surface area contributed by atoms with Gasteiger partial charge in [-0.3, -0.25) is 0 Å². The molecule has 3 aromatic rings. The number of aryl methyl sites for hydroxylation is 1. The molecule has 2 aliphatic heterocycles. The summed E-state index contributed by atoms with van der Waals surface area (Å²) in [6.07, 6.45) is 0.618. The molecule has 0 radical (unpaired) electrons. The molecule has 3 fully saturated rings. The number of nitriles is 1. The van der Waals surface area contributed by atoms with Crippen LogP contribution in [0.3, 0.4) is 0 Å². The molecule has 10 heteroatoms. The summed E-state index contributed by atoms with van der Waals surface area (Å²) in [5.74, 6) is -0.426. The van der Waals surface area contributed by atoms with Gasteiger partial charge in [0.25, 0.3) is 0 Å². The van der Waals surface area contributed by atoms with Gasteiger partial charge in [0.2, 0.25) is 5.60 Å². The topological polar surface area (TPSA) is 127 Å². The molecule has 0 amide bonds. The van der Waals surface area contributed by atoms with E-state index < -0.39 is 35.3 Å². The number of ether oxygens (including phenoxy) is 3. The van der Waals surface area contributed by atoms with Gasteiger partial charge in [0.05, 0.1) is 6.20 Å². The Balaban J connectivity index is 1.38. The number of aliphatic hydroxyl groups excluding tert-OH is 1. The van der Waals surface area contributed by atoms with E-state index in [-0.39, 0.29) is 0 Å². The van der Waals surface area contributed by atoms with Crippen LogP contribution < -0.4 is 5.32 Å². The van der Waals surface area contributed by atoms with Crippen LogP contribution in [0.4, 0.5) is 5.82 Å². The zero-order valence-electron chi connectivity index (χ0n) is 17.8. The minimum atomic E-state index is -1.53. The van der Waals surface area contributed by atoms with Gasteiger partial charge in [0.15, 0.2) is 22.9 Å². The maximum absolute atomic E-state index is 10.4. The lowest BCUT2D eigenvalue weighted by molar-refractivity contribution is -0.188. The molecular weight excluding hydrogens is 412 g/mol. The zero-order chi connectivity index (χ0) is 22.3. The molecule has 2 N–H and O–H groups in total. The second-order valence-corrected chi connectivity index (χ2v) is 9.01. The van der Waals surface area contributed by atoms with E-state index in [1.165, 1.54) is 16.4 Å². The fraction of sp³-hybridized carbons (Fsp3) is 0.455. The zero-order valence-corrected chi connectivity index (χ0v) is 17.8. The highest BCUT2D eigenvalue weighted by molar-refractivity contribution is 5.63. The molecule has 6 rings (SSSR count). The number of benzene rings is 1. The third kappa shape index (κ3) is 2.45.